The van der Waals surface area contributed by atoms with Gasteiger partial charge in [-0.15, -0.1) is 0 Å². The first-order valence-electron chi connectivity index (χ1n) is 9.71. The van der Waals surface area contributed by atoms with Crippen molar-refractivity contribution in [3.63, 3.8) is 0 Å². The zero-order chi connectivity index (χ0) is 20.5. The molecule has 0 unspecified atom stereocenters. The fraction of sp³-hybridized carbons (Fsp3) is 0.174. The molecule has 1 aliphatic rings. The van der Waals surface area contributed by atoms with Gasteiger partial charge in [-0.25, -0.2) is 0 Å². The molecule has 7 nitrogen and oxygen atoms in total. The fourth-order valence-electron chi connectivity index (χ4n) is 3.72. The molecule has 2 aromatic carbocycles. The van der Waals surface area contributed by atoms with Crippen LogP contribution in [0.2, 0.25) is 0 Å². The number of furan rings is 1. The molecule has 4 aromatic rings. The van der Waals surface area contributed by atoms with Crippen LogP contribution in [0.1, 0.15) is 16.1 Å². The number of fused-ring (bicyclic) bond motifs is 1. The van der Waals surface area contributed by atoms with Crippen molar-refractivity contribution in [3.05, 3.63) is 72.1 Å². The Morgan fingerprint density at radius 3 is 2.53 bits per heavy atom. The molecule has 3 heterocycles. The number of carbonyl (C=O) groups is 1. The van der Waals surface area contributed by atoms with E-state index in [0.717, 1.165) is 10.8 Å². The quantitative estimate of drug-likeness (QED) is 0.520. The van der Waals surface area contributed by atoms with E-state index in [4.69, 9.17) is 8.83 Å². The highest BCUT2D eigenvalue weighted by Crippen LogP contribution is 2.29. The normalized spacial score (nSPS) is 14.1. The average Bonchev–Trinajstić information content (AvgIpc) is 3.48. The number of amides is 1. The van der Waals surface area contributed by atoms with Crippen LogP contribution in [0.15, 0.2) is 69.7 Å². The molecule has 0 atom stereocenters. The van der Waals surface area contributed by atoms with Gasteiger partial charge in [0.05, 0.1) is 6.26 Å². The summed E-state index contributed by atoms with van der Waals surface area (Å²) >= 11 is 0. The van der Waals surface area contributed by atoms with Crippen molar-refractivity contribution in [1.29, 1.82) is 5.26 Å². The Bertz CT molecular complexity index is 1250. The summed E-state index contributed by atoms with van der Waals surface area (Å²) in [5.41, 5.74) is 0.898. The summed E-state index contributed by atoms with van der Waals surface area (Å²) in [6.45, 7) is 2.18. The molecule has 148 valence electrons. The summed E-state index contributed by atoms with van der Waals surface area (Å²) in [6, 6.07) is 19.3. The van der Waals surface area contributed by atoms with E-state index >= 15 is 0 Å². The van der Waals surface area contributed by atoms with Crippen molar-refractivity contribution in [2.45, 2.75) is 0 Å². The molecule has 2 aromatic heterocycles. The second-order valence-corrected chi connectivity index (χ2v) is 7.10. The van der Waals surface area contributed by atoms with Crippen molar-refractivity contribution in [2.75, 3.05) is 31.1 Å². The van der Waals surface area contributed by atoms with Crippen molar-refractivity contribution in [3.8, 4) is 17.7 Å². The number of aromatic nitrogens is 1. The Labute approximate surface area is 172 Å². The van der Waals surface area contributed by atoms with E-state index in [-0.39, 0.29) is 17.5 Å². The van der Waals surface area contributed by atoms with E-state index < -0.39 is 0 Å². The largest absolute Gasteiger partial charge is 0.459 e. The molecule has 0 N–H and O–H groups in total. The molecular weight excluding hydrogens is 380 g/mol. The SMILES string of the molecule is N#Cc1nc(-c2ccco2)oc1N1CCN(C(=O)c2ccc3ccccc3c2)CC1. The molecule has 0 bridgehead atoms. The smallest absolute Gasteiger partial charge is 0.266 e. The summed E-state index contributed by atoms with van der Waals surface area (Å²) in [5.74, 6) is 1.18. The van der Waals surface area contributed by atoms with E-state index in [1.807, 2.05) is 52.3 Å². The number of nitriles is 1. The van der Waals surface area contributed by atoms with E-state index in [9.17, 15) is 10.1 Å². The van der Waals surface area contributed by atoms with Crippen LogP contribution in [-0.4, -0.2) is 42.0 Å². The molecule has 0 spiro atoms. The fourth-order valence-corrected chi connectivity index (χ4v) is 3.72. The van der Waals surface area contributed by atoms with Crippen molar-refractivity contribution in [2.24, 2.45) is 0 Å². The monoisotopic (exact) mass is 398 g/mol. The van der Waals surface area contributed by atoms with Crippen LogP contribution in [0.5, 0.6) is 0 Å². The van der Waals surface area contributed by atoms with Crippen LogP contribution < -0.4 is 4.90 Å². The highest BCUT2D eigenvalue weighted by molar-refractivity contribution is 5.98. The molecule has 5 rings (SSSR count). The van der Waals surface area contributed by atoms with Crippen LogP contribution in [-0.2, 0) is 0 Å². The van der Waals surface area contributed by atoms with Gasteiger partial charge in [0.15, 0.2) is 5.76 Å². The van der Waals surface area contributed by atoms with Gasteiger partial charge in [-0.2, -0.15) is 10.2 Å². The predicted molar refractivity (Wildman–Crippen MR) is 111 cm³/mol. The van der Waals surface area contributed by atoms with Gasteiger partial charge in [0.2, 0.25) is 11.6 Å². The van der Waals surface area contributed by atoms with Crippen LogP contribution in [0.3, 0.4) is 0 Å². The molecule has 1 aliphatic heterocycles. The Morgan fingerprint density at radius 1 is 1.00 bits per heavy atom. The molecule has 1 amide bonds. The number of carbonyl (C=O) groups excluding carboxylic acids is 1. The number of oxazole rings is 1. The maximum Gasteiger partial charge on any atom is 0.266 e. The summed E-state index contributed by atoms with van der Waals surface area (Å²) in [6.07, 6.45) is 1.53. The first kappa shape index (κ1) is 18.0. The zero-order valence-corrected chi connectivity index (χ0v) is 16.1. The minimum Gasteiger partial charge on any atom is -0.459 e. The number of hydrogen-bond donors (Lipinski definition) is 0. The van der Waals surface area contributed by atoms with E-state index in [2.05, 4.69) is 11.1 Å². The maximum atomic E-state index is 13.0. The first-order chi connectivity index (χ1) is 14.7. The molecule has 0 saturated carbocycles. The van der Waals surface area contributed by atoms with E-state index in [1.165, 1.54) is 6.26 Å². The summed E-state index contributed by atoms with van der Waals surface area (Å²) in [4.78, 5) is 21.0. The number of benzene rings is 2. The molecule has 7 heteroatoms. The summed E-state index contributed by atoms with van der Waals surface area (Å²) < 4.78 is 11.1. The topological polar surface area (TPSA) is 86.5 Å². The number of rotatable bonds is 3. The Balaban J connectivity index is 1.31. The van der Waals surface area contributed by atoms with Crippen LogP contribution in [0.25, 0.3) is 22.4 Å². The summed E-state index contributed by atoms with van der Waals surface area (Å²) in [5, 5.41) is 11.6. The molecule has 1 saturated heterocycles. The number of nitrogens with zero attached hydrogens (tertiary/aromatic N) is 4. The minimum atomic E-state index is 0.00903. The van der Waals surface area contributed by atoms with Crippen molar-refractivity contribution >= 4 is 22.6 Å². The van der Waals surface area contributed by atoms with Gasteiger partial charge in [0, 0.05) is 31.7 Å². The molecule has 30 heavy (non-hydrogen) atoms. The number of hydrogen-bond acceptors (Lipinski definition) is 6. The van der Waals surface area contributed by atoms with Gasteiger partial charge in [0.1, 0.15) is 6.07 Å². The van der Waals surface area contributed by atoms with Crippen molar-refractivity contribution < 1.29 is 13.6 Å². The third-order valence-corrected chi connectivity index (χ3v) is 5.30. The molecular formula is C23H18N4O3. The lowest BCUT2D eigenvalue weighted by Crippen LogP contribution is -2.48. The third-order valence-electron chi connectivity index (χ3n) is 5.30. The molecule has 0 aliphatic carbocycles. The van der Waals surface area contributed by atoms with E-state index in [0.29, 0.717) is 43.4 Å². The van der Waals surface area contributed by atoms with Gasteiger partial charge >= 0.3 is 0 Å². The average molecular weight is 398 g/mol. The Kier molecular flexibility index (Phi) is 4.45. The Morgan fingerprint density at radius 2 is 1.80 bits per heavy atom. The number of anilines is 1. The Hall–Kier alpha value is -4.05. The van der Waals surface area contributed by atoms with Gasteiger partial charge in [-0.05, 0) is 35.0 Å². The first-order valence-corrected chi connectivity index (χ1v) is 9.71. The predicted octanol–water partition coefficient (Wildman–Crippen LogP) is 3.92. The molecule has 0 radical (unpaired) electrons. The lowest BCUT2D eigenvalue weighted by molar-refractivity contribution is 0.0745. The highest BCUT2D eigenvalue weighted by Gasteiger charge is 2.27. The lowest BCUT2D eigenvalue weighted by atomic mass is 10.1. The third kappa shape index (κ3) is 3.18. The van der Waals surface area contributed by atoms with Crippen molar-refractivity contribution in [1.82, 2.24) is 9.88 Å². The number of piperazine rings is 1. The second-order valence-electron chi connectivity index (χ2n) is 7.10. The second kappa shape index (κ2) is 7.41. The van der Waals surface area contributed by atoms with Gasteiger partial charge in [-0.1, -0.05) is 30.3 Å². The van der Waals surface area contributed by atoms with Gasteiger partial charge in [0.25, 0.3) is 11.8 Å². The lowest BCUT2D eigenvalue weighted by Gasteiger charge is -2.34. The minimum absolute atomic E-state index is 0.00903. The summed E-state index contributed by atoms with van der Waals surface area (Å²) in [7, 11) is 0. The van der Waals surface area contributed by atoms with E-state index in [1.54, 1.807) is 12.1 Å². The molecule has 1 fully saturated rings. The standard InChI is InChI=1S/C23H18N4O3/c24-15-19-23(30-21(25-19)20-6-3-13-29-20)27-11-9-26(10-12-27)22(28)18-8-7-16-4-1-2-5-17(16)14-18/h1-8,13-14H,9-12H2. The van der Waals surface area contributed by atoms with Crippen LogP contribution >= 0.6 is 0 Å². The van der Waals surface area contributed by atoms with Crippen LogP contribution in [0.4, 0.5) is 5.88 Å². The highest BCUT2D eigenvalue weighted by atomic mass is 16.4. The van der Waals surface area contributed by atoms with Gasteiger partial charge < -0.3 is 18.6 Å². The van der Waals surface area contributed by atoms with Gasteiger partial charge in [-0.3, -0.25) is 4.79 Å². The van der Waals surface area contributed by atoms with Crippen LogP contribution in [0, 0.1) is 11.3 Å². The zero-order valence-electron chi connectivity index (χ0n) is 16.1. The maximum absolute atomic E-state index is 13.0.